The molecule has 6 rings (SSSR count). The van der Waals surface area contributed by atoms with Crippen LogP contribution in [0.4, 0.5) is 0 Å². The Labute approximate surface area is 201 Å². The molecule has 2 unspecified atom stereocenters. The number of pyridine rings is 1. The first-order valence-corrected chi connectivity index (χ1v) is 12.8. The SMILES string of the molecule is O=C(c1ccccc1CN1CCOCC1)N1C2CCC1CC(Cc1cccc3ccncc13)C2. The van der Waals surface area contributed by atoms with E-state index in [-0.39, 0.29) is 5.91 Å². The Bertz CT molecular complexity index is 1150. The highest BCUT2D eigenvalue weighted by Crippen LogP contribution is 2.41. The summed E-state index contributed by atoms with van der Waals surface area (Å²) in [6.45, 7) is 4.25. The van der Waals surface area contributed by atoms with Gasteiger partial charge < -0.3 is 9.64 Å². The number of amides is 1. The van der Waals surface area contributed by atoms with E-state index in [0.29, 0.717) is 18.0 Å². The Morgan fingerprint density at radius 3 is 2.53 bits per heavy atom. The molecule has 2 aromatic carbocycles. The van der Waals surface area contributed by atoms with E-state index in [2.05, 4.69) is 51.2 Å². The van der Waals surface area contributed by atoms with E-state index in [1.165, 1.54) is 16.3 Å². The highest BCUT2D eigenvalue weighted by atomic mass is 16.5. The number of hydrogen-bond acceptors (Lipinski definition) is 4. The molecule has 5 nitrogen and oxygen atoms in total. The molecule has 0 N–H and O–H groups in total. The van der Waals surface area contributed by atoms with Crippen molar-refractivity contribution in [1.29, 1.82) is 0 Å². The Morgan fingerprint density at radius 1 is 0.941 bits per heavy atom. The standard InChI is InChI=1S/C29H33N3O2/c33-29(27-7-2-1-4-24(27)20-31-12-14-34-15-13-31)32-25-8-9-26(32)18-21(17-25)16-23-6-3-5-22-10-11-30-19-28(22)23/h1-7,10-11,19,21,25-26H,8-9,12-18,20H2. The molecule has 176 valence electrons. The molecule has 2 atom stereocenters. The molecule has 0 aliphatic carbocycles. The predicted octanol–water partition coefficient (Wildman–Crippen LogP) is 4.69. The maximum absolute atomic E-state index is 13.8. The summed E-state index contributed by atoms with van der Waals surface area (Å²) in [6.07, 6.45) is 9.42. The van der Waals surface area contributed by atoms with E-state index >= 15 is 0 Å². The molecule has 2 bridgehead atoms. The second-order valence-corrected chi connectivity index (χ2v) is 10.2. The highest BCUT2D eigenvalue weighted by Gasteiger charge is 2.43. The first-order valence-electron chi connectivity index (χ1n) is 12.8. The van der Waals surface area contributed by atoms with Gasteiger partial charge in [-0.2, -0.15) is 0 Å². The van der Waals surface area contributed by atoms with E-state index in [9.17, 15) is 4.79 Å². The van der Waals surface area contributed by atoms with Gasteiger partial charge in [0.05, 0.1) is 13.2 Å². The number of rotatable bonds is 5. The molecule has 5 heteroatoms. The first-order chi connectivity index (χ1) is 16.8. The molecule has 4 heterocycles. The third kappa shape index (κ3) is 4.23. The van der Waals surface area contributed by atoms with Crippen LogP contribution in [0, 0.1) is 5.92 Å². The molecule has 34 heavy (non-hydrogen) atoms. The molecule has 3 saturated heterocycles. The fraction of sp³-hybridized carbons (Fsp3) is 0.448. The summed E-state index contributed by atoms with van der Waals surface area (Å²) < 4.78 is 5.50. The lowest BCUT2D eigenvalue weighted by Gasteiger charge is -2.39. The largest absolute Gasteiger partial charge is 0.379 e. The van der Waals surface area contributed by atoms with Gasteiger partial charge >= 0.3 is 0 Å². The average molecular weight is 456 g/mol. The van der Waals surface area contributed by atoms with E-state index in [1.807, 2.05) is 24.5 Å². The Kier molecular flexibility index (Phi) is 6.06. The fourth-order valence-corrected chi connectivity index (χ4v) is 6.46. The van der Waals surface area contributed by atoms with Crippen molar-refractivity contribution in [3.63, 3.8) is 0 Å². The van der Waals surface area contributed by atoms with Crippen molar-refractivity contribution in [1.82, 2.24) is 14.8 Å². The quantitative estimate of drug-likeness (QED) is 0.560. The number of fused-ring (bicyclic) bond motifs is 3. The number of aromatic nitrogens is 1. The van der Waals surface area contributed by atoms with Gasteiger partial charge in [-0.15, -0.1) is 0 Å². The van der Waals surface area contributed by atoms with Crippen LogP contribution in [-0.4, -0.2) is 59.1 Å². The summed E-state index contributed by atoms with van der Waals surface area (Å²) in [6, 6.07) is 17.6. The van der Waals surface area contributed by atoms with Crippen LogP contribution in [0.5, 0.6) is 0 Å². The molecule has 3 aromatic rings. The number of benzene rings is 2. The molecule has 1 amide bonds. The number of ether oxygens (including phenoxy) is 1. The summed E-state index contributed by atoms with van der Waals surface area (Å²) in [7, 11) is 0. The molecular weight excluding hydrogens is 422 g/mol. The number of carbonyl (C=O) groups is 1. The van der Waals surface area contributed by atoms with Crippen LogP contribution >= 0.6 is 0 Å². The van der Waals surface area contributed by atoms with Crippen molar-refractivity contribution in [3.8, 4) is 0 Å². The first kappa shape index (κ1) is 21.8. The van der Waals surface area contributed by atoms with E-state index in [1.54, 1.807) is 0 Å². The highest BCUT2D eigenvalue weighted by molar-refractivity contribution is 5.96. The molecule has 3 aliphatic heterocycles. The van der Waals surface area contributed by atoms with Crippen LogP contribution in [-0.2, 0) is 17.7 Å². The molecule has 0 saturated carbocycles. The molecule has 3 aliphatic rings. The summed E-state index contributed by atoms with van der Waals surface area (Å²) in [5.41, 5.74) is 3.44. The topological polar surface area (TPSA) is 45.7 Å². The molecule has 1 aromatic heterocycles. The van der Waals surface area contributed by atoms with Gasteiger partial charge in [-0.25, -0.2) is 0 Å². The number of nitrogens with zero attached hydrogens (tertiary/aromatic N) is 3. The van der Waals surface area contributed by atoms with Crippen LogP contribution < -0.4 is 0 Å². The second kappa shape index (κ2) is 9.47. The van der Waals surface area contributed by atoms with Gasteiger partial charge in [-0.3, -0.25) is 14.7 Å². The van der Waals surface area contributed by atoms with Gasteiger partial charge in [0.1, 0.15) is 0 Å². The normalized spacial score (nSPS) is 25.1. The molecule has 0 radical (unpaired) electrons. The van der Waals surface area contributed by atoms with Crippen molar-refractivity contribution in [3.05, 3.63) is 77.6 Å². The van der Waals surface area contributed by atoms with Crippen molar-refractivity contribution in [2.24, 2.45) is 5.92 Å². The van der Waals surface area contributed by atoms with Gasteiger partial charge in [0.25, 0.3) is 5.91 Å². The van der Waals surface area contributed by atoms with Crippen LogP contribution in [0.15, 0.2) is 60.9 Å². The second-order valence-electron chi connectivity index (χ2n) is 10.2. The lowest BCUT2D eigenvalue weighted by atomic mass is 9.84. The lowest BCUT2D eigenvalue weighted by Crippen LogP contribution is -2.47. The monoisotopic (exact) mass is 455 g/mol. The summed E-state index contributed by atoms with van der Waals surface area (Å²) in [5.74, 6) is 0.861. The van der Waals surface area contributed by atoms with Gasteiger partial charge in [0.15, 0.2) is 0 Å². The van der Waals surface area contributed by atoms with E-state index < -0.39 is 0 Å². The number of piperidine rings is 1. The zero-order valence-electron chi connectivity index (χ0n) is 19.7. The van der Waals surface area contributed by atoms with Gasteiger partial charge in [0.2, 0.25) is 0 Å². The number of carbonyl (C=O) groups excluding carboxylic acids is 1. The molecule has 3 fully saturated rings. The van der Waals surface area contributed by atoms with Gasteiger partial charge in [0, 0.05) is 55.1 Å². The van der Waals surface area contributed by atoms with Crippen molar-refractivity contribution in [2.75, 3.05) is 26.3 Å². The Morgan fingerprint density at radius 2 is 1.71 bits per heavy atom. The van der Waals surface area contributed by atoms with Crippen molar-refractivity contribution >= 4 is 16.7 Å². The Hall–Kier alpha value is -2.76. The van der Waals surface area contributed by atoms with Crippen LogP contribution in [0.3, 0.4) is 0 Å². The lowest BCUT2D eigenvalue weighted by molar-refractivity contribution is 0.0337. The maximum Gasteiger partial charge on any atom is 0.254 e. The summed E-state index contributed by atoms with van der Waals surface area (Å²) in [5, 5.41) is 2.54. The predicted molar refractivity (Wildman–Crippen MR) is 134 cm³/mol. The minimum atomic E-state index is 0.240. The minimum absolute atomic E-state index is 0.240. The maximum atomic E-state index is 13.8. The summed E-state index contributed by atoms with van der Waals surface area (Å²) in [4.78, 5) is 22.8. The third-order valence-electron chi connectivity index (χ3n) is 8.09. The van der Waals surface area contributed by atoms with Gasteiger partial charge in [-0.1, -0.05) is 36.4 Å². The minimum Gasteiger partial charge on any atom is -0.379 e. The van der Waals surface area contributed by atoms with Crippen LogP contribution in [0.1, 0.15) is 47.2 Å². The van der Waals surface area contributed by atoms with Crippen LogP contribution in [0.2, 0.25) is 0 Å². The average Bonchev–Trinajstić information content (AvgIpc) is 3.15. The zero-order valence-corrected chi connectivity index (χ0v) is 19.7. The molecular formula is C29H33N3O2. The van der Waals surface area contributed by atoms with E-state index in [4.69, 9.17) is 4.74 Å². The van der Waals surface area contributed by atoms with Crippen molar-refractivity contribution < 1.29 is 9.53 Å². The van der Waals surface area contributed by atoms with Crippen LogP contribution in [0.25, 0.3) is 10.8 Å². The Balaban J connectivity index is 1.18. The smallest absolute Gasteiger partial charge is 0.254 e. The van der Waals surface area contributed by atoms with Crippen molar-refractivity contribution in [2.45, 2.75) is 50.7 Å². The van der Waals surface area contributed by atoms with Gasteiger partial charge in [-0.05, 0) is 66.7 Å². The fourth-order valence-electron chi connectivity index (χ4n) is 6.46. The zero-order chi connectivity index (χ0) is 22.9. The summed E-state index contributed by atoms with van der Waals surface area (Å²) >= 11 is 0. The number of morpholine rings is 1. The third-order valence-corrected chi connectivity index (χ3v) is 8.09. The van der Waals surface area contributed by atoms with E-state index in [0.717, 1.165) is 76.1 Å². The number of hydrogen-bond donors (Lipinski definition) is 0. The molecule has 0 spiro atoms.